The molecule has 2 aromatic heterocycles. The Labute approximate surface area is 162 Å². The number of benzene rings is 1. The average molecular weight is 385 g/mol. The summed E-state index contributed by atoms with van der Waals surface area (Å²) in [5.74, 6) is -0.623. The van der Waals surface area contributed by atoms with Crippen molar-refractivity contribution in [1.82, 2.24) is 9.72 Å². The van der Waals surface area contributed by atoms with Gasteiger partial charge < -0.3 is 14.5 Å². The van der Waals surface area contributed by atoms with Crippen molar-refractivity contribution in [1.29, 1.82) is 0 Å². The van der Waals surface area contributed by atoms with Crippen LogP contribution in [-0.4, -0.2) is 29.7 Å². The van der Waals surface area contributed by atoms with Crippen molar-refractivity contribution in [2.75, 3.05) is 13.7 Å². The van der Waals surface area contributed by atoms with Gasteiger partial charge in [0.15, 0.2) is 0 Å². The van der Waals surface area contributed by atoms with Gasteiger partial charge in [-0.2, -0.15) is 0 Å². The lowest BCUT2D eigenvalue weighted by Crippen LogP contribution is -2.32. The largest absolute Gasteiger partial charge is 0.495 e. The van der Waals surface area contributed by atoms with E-state index in [4.69, 9.17) is 16.3 Å². The Kier molecular flexibility index (Phi) is 5.81. The van der Waals surface area contributed by atoms with Crippen LogP contribution in [0.4, 0.5) is 0 Å². The van der Waals surface area contributed by atoms with E-state index in [0.717, 1.165) is 23.9 Å². The highest BCUT2D eigenvalue weighted by Gasteiger charge is 2.24. The predicted octanol–water partition coefficient (Wildman–Crippen LogP) is 4.37. The fourth-order valence-corrected chi connectivity index (χ4v) is 3.23. The number of hydrogen-bond donors (Lipinski definition) is 1. The third-order valence-electron chi connectivity index (χ3n) is 4.38. The summed E-state index contributed by atoms with van der Waals surface area (Å²) in [6.07, 6.45) is 3.55. The zero-order chi connectivity index (χ0) is 19.4. The van der Waals surface area contributed by atoms with Crippen LogP contribution in [0.15, 0.2) is 48.7 Å². The number of ether oxygens (including phenoxy) is 1. The van der Waals surface area contributed by atoms with E-state index in [1.165, 1.54) is 0 Å². The molecule has 1 N–H and O–H groups in total. The molecule has 140 valence electrons. The fourth-order valence-electron chi connectivity index (χ4n) is 2.98. The number of nitrogens with one attached hydrogen (secondary N) is 1. The molecule has 3 rings (SSSR count). The Hall–Kier alpha value is -2.79. The molecule has 0 unspecified atom stereocenters. The number of fused-ring (bicyclic) bond motifs is 1. The van der Waals surface area contributed by atoms with Crippen molar-refractivity contribution in [2.24, 2.45) is 0 Å². The number of amides is 1. The van der Waals surface area contributed by atoms with Crippen LogP contribution in [0.5, 0.6) is 5.75 Å². The van der Waals surface area contributed by atoms with E-state index in [2.05, 4.69) is 5.32 Å². The van der Waals surface area contributed by atoms with Gasteiger partial charge in [-0.05, 0) is 42.3 Å². The number of pyridine rings is 1. The van der Waals surface area contributed by atoms with Crippen molar-refractivity contribution >= 4 is 28.8 Å². The van der Waals surface area contributed by atoms with Crippen molar-refractivity contribution in [3.05, 3.63) is 59.4 Å². The highest BCUT2D eigenvalue weighted by molar-refractivity contribution is 6.43. The smallest absolute Gasteiger partial charge is 0.294 e. The van der Waals surface area contributed by atoms with Crippen LogP contribution in [0.3, 0.4) is 0 Å². The fraction of sp³-hybridized carbons (Fsp3) is 0.238. The molecule has 0 atom stereocenters. The highest BCUT2D eigenvalue weighted by atomic mass is 35.5. The van der Waals surface area contributed by atoms with Gasteiger partial charge in [0.2, 0.25) is 0 Å². The second-order valence-corrected chi connectivity index (χ2v) is 6.60. The van der Waals surface area contributed by atoms with E-state index in [9.17, 15) is 9.59 Å². The molecule has 0 radical (unpaired) electrons. The summed E-state index contributed by atoms with van der Waals surface area (Å²) in [5.41, 5.74) is 2.54. The summed E-state index contributed by atoms with van der Waals surface area (Å²) in [6.45, 7) is 2.51. The number of carbonyl (C=O) groups excluding carboxylic acids is 2. The molecule has 0 aliphatic heterocycles. The van der Waals surface area contributed by atoms with Crippen LogP contribution in [0, 0.1) is 0 Å². The van der Waals surface area contributed by atoms with Gasteiger partial charge in [0.25, 0.3) is 11.7 Å². The number of halogens is 1. The maximum Gasteiger partial charge on any atom is 0.294 e. The van der Waals surface area contributed by atoms with Crippen LogP contribution in [0.2, 0.25) is 5.02 Å². The van der Waals surface area contributed by atoms with Crippen molar-refractivity contribution in [3.63, 3.8) is 0 Å². The van der Waals surface area contributed by atoms with Crippen LogP contribution >= 0.6 is 11.6 Å². The first-order valence-electron chi connectivity index (χ1n) is 8.83. The van der Waals surface area contributed by atoms with Gasteiger partial charge in [-0.25, -0.2) is 0 Å². The average Bonchev–Trinajstić information content (AvgIpc) is 3.07. The number of rotatable bonds is 7. The lowest BCUT2D eigenvalue weighted by Gasteiger charge is -2.09. The van der Waals surface area contributed by atoms with E-state index >= 15 is 0 Å². The molecule has 0 aliphatic rings. The van der Waals surface area contributed by atoms with E-state index in [1.807, 2.05) is 37.3 Å². The highest BCUT2D eigenvalue weighted by Crippen LogP contribution is 2.33. The third-order valence-corrected chi connectivity index (χ3v) is 4.68. The monoisotopic (exact) mass is 384 g/mol. The maximum absolute atomic E-state index is 12.9. The minimum atomic E-state index is -0.604. The van der Waals surface area contributed by atoms with Gasteiger partial charge in [-0.3, -0.25) is 9.59 Å². The Balaban J connectivity index is 2.08. The lowest BCUT2D eigenvalue weighted by molar-refractivity contribution is -0.117. The second-order valence-electron chi connectivity index (χ2n) is 6.19. The maximum atomic E-state index is 12.9. The van der Waals surface area contributed by atoms with Gasteiger partial charge in [0.05, 0.1) is 12.1 Å². The number of unbranched alkanes of at least 4 members (excludes halogenated alkanes) is 1. The molecule has 1 amide bonds. The van der Waals surface area contributed by atoms with Crippen molar-refractivity contribution < 1.29 is 14.3 Å². The summed E-state index contributed by atoms with van der Waals surface area (Å²) in [4.78, 5) is 25.3. The number of methoxy groups -OCH3 is 1. The number of carbonyl (C=O) groups is 2. The standard InChI is InChI=1S/C21H21ClN2O3/c1-3-4-10-23-21(26)20(25)19-16(13-15-7-5-6-11-24(15)19)14-8-9-18(27-2)17(22)12-14/h5-9,11-13H,3-4,10H2,1-2H3,(H,23,26). The first-order valence-corrected chi connectivity index (χ1v) is 9.21. The molecule has 1 aromatic carbocycles. The molecule has 6 heteroatoms. The van der Waals surface area contributed by atoms with Gasteiger partial charge in [0.1, 0.15) is 11.4 Å². The van der Waals surface area contributed by atoms with Crippen LogP contribution in [0.1, 0.15) is 30.3 Å². The second kappa shape index (κ2) is 8.27. The van der Waals surface area contributed by atoms with E-state index in [1.54, 1.807) is 29.8 Å². The third kappa shape index (κ3) is 3.83. The summed E-state index contributed by atoms with van der Waals surface area (Å²) in [5, 5.41) is 3.14. The Morgan fingerprint density at radius 1 is 1.19 bits per heavy atom. The molecule has 3 aromatic rings. The molecular formula is C21H21ClN2O3. The number of aromatic nitrogens is 1. The molecule has 0 bridgehead atoms. The number of nitrogens with zero attached hydrogens (tertiary/aromatic N) is 1. The van der Waals surface area contributed by atoms with E-state index in [0.29, 0.717) is 28.6 Å². The first kappa shape index (κ1) is 19.0. The summed E-state index contributed by atoms with van der Waals surface area (Å²) in [6, 6.07) is 12.8. The number of Topliss-reactive ketones (excluding diaryl/α,β-unsaturated/α-hetero) is 1. The van der Waals surface area contributed by atoms with Gasteiger partial charge >= 0.3 is 0 Å². The van der Waals surface area contributed by atoms with E-state index < -0.39 is 11.7 Å². The van der Waals surface area contributed by atoms with Gasteiger partial charge in [-0.1, -0.05) is 37.1 Å². The normalized spacial score (nSPS) is 10.8. The molecule has 0 spiro atoms. The topological polar surface area (TPSA) is 59.8 Å². The first-order chi connectivity index (χ1) is 13.1. The number of ketones is 1. The summed E-state index contributed by atoms with van der Waals surface area (Å²) < 4.78 is 6.93. The van der Waals surface area contributed by atoms with Gasteiger partial charge in [0, 0.05) is 23.8 Å². The molecule has 5 nitrogen and oxygen atoms in total. The molecular weight excluding hydrogens is 364 g/mol. The Morgan fingerprint density at radius 2 is 2.00 bits per heavy atom. The Bertz CT molecular complexity index is 994. The molecule has 0 aliphatic carbocycles. The van der Waals surface area contributed by atoms with Crippen molar-refractivity contribution in [3.8, 4) is 16.9 Å². The van der Waals surface area contributed by atoms with Crippen molar-refractivity contribution in [2.45, 2.75) is 19.8 Å². The zero-order valence-electron chi connectivity index (χ0n) is 15.3. The summed E-state index contributed by atoms with van der Waals surface area (Å²) in [7, 11) is 1.54. The number of hydrogen-bond acceptors (Lipinski definition) is 3. The minimum absolute atomic E-state index is 0.320. The quantitative estimate of drug-likeness (QED) is 0.374. The Morgan fingerprint density at radius 3 is 2.70 bits per heavy atom. The summed E-state index contributed by atoms with van der Waals surface area (Å²) >= 11 is 6.26. The minimum Gasteiger partial charge on any atom is -0.495 e. The van der Waals surface area contributed by atoms with Crippen LogP contribution < -0.4 is 10.1 Å². The van der Waals surface area contributed by atoms with Gasteiger partial charge in [-0.15, -0.1) is 0 Å². The molecule has 0 saturated carbocycles. The van der Waals surface area contributed by atoms with Crippen LogP contribution in [0.25, 0.3) is 16.6 Å². The molecule has 27 heavy (non-hydrogen) atoms. The van der Waals surface area contributed by atoms with E-state index in [-0.39, 0.29) is 0 Å². The molecule has 2 heterocycles. The van der Waals surface area contributed by atoms with Crippen LogP contribution in [-0.2, 0) is 4.79 Å². The SMILES string of the molecule is CCCCNC(=O)C(=O)c1c(-c2ccc(OC)c(Cl)c2)cc2ccccn12. The lowest BCUT2D eigenvalue weighted by atomic mass is 10.0. The molecule has 0 saturated heterocycles. The predicted molar refractivity (Wildman–Crippen MR) is 107 cm³/mol. The zero-order valence-corrected chi connectivity index (χ0v) is 16.0. The molecule has 0 fully saturated rings.